The number of aryl methyl sites for hydroxylation is 1. The van der Waals surface area contributed by atoms with Crippen LogP contribution in [0.2, 0.25) is 0 Å². The lowest BCUT2D eigenvalue weighted by Gasteiger charge is -2.13. The highest BCUT2D eigenvalue weighted by molar-refractivity contribution is 5.70. The van der Waals surface area contributed by atoms with Gasteiger partial charge in [0.1, 0.15) is 0 Å². The van der Waals surface area contributed by atoms with E-state index in [0.717, 1.165) is 12.0 Å². The van der Waals surface area contributed by atoms with E-state index in [1.807, 2.05) is 55.5 Å². The van der Waals surface area contributed by atoms with E-state index in [2.05, 4.69) is 6.58 Å². The maximum Gasteiger partial charge on any atom is 0.306 e. The van der Waals surface area contributed by atoms with E-state index in [-0.39, 0.29) is 5.92 Å². The molecule has 2 nitrogen and oxygen atoms in total. The molecule has 106 valence electrons. The highest BCUT2D eigenvalue weighted by atomic mass is 16.4. The number of hydrogen-bond donors (Lipinski definition) is 1. The molecule has 0 aromatic heterocycles. The molecule has 0 fully saturated rings. The molecule has 1 rings (SSSR count). The Labute approximate surface area is 121 Å². The molecule has 0 saturated carbocycles. The molecule has 1 unspecified atom stereocenters. The summed E-state index contributed by atoms with van der Waals surface area (Å²) in [5.41, 5.74) is 2.18. The normalized spacial score (nSPS) is 13.3. The van der Waals surface area contributed by atoms with Crippen LogP contribution in [-0.2, 0) is 11.2 Å². The zero-order valence-electron chi connectivity index (χ0n) is 12.0. The minimum Gasteiger partial charge on any atom is -0.481 e. The van der Waals surface area contributed by atoms with Crippen molar-refractivity contribution in [3.8, 4) is 0 Å². The van der Waals surface area contributed by atoms with E-state index < -0.39 is 5.97 Å². The molecule has 1 atom stereocenters. The van der Waals surface area contributed by atoms with Crippen molar-refractivity contribution in [3.63, 3.8) is 0 Å². The lowest BCUT2D eigenvalue weighted by Crippen LogP contribution is -2.15. The molecular weight excluding hydrogens is 248 g/mol. The Hall–Kier alpha value is -2.09. The Morgan fingerprint density at radius 1 is 1.35 bits per heavy atom. The average Bonchev–Trinajstić information content (AvgIpc) is 2.44. The van der Waals surface area contributed by atoms with Crippen LogP contribution >= 0.6 is 0 Å². The Morgan fingerprint density at radius 3 is 2.60 bits per heavy atom. The fourth-order valence-electron chi connectivity index (χ4n) is 2.14. The number of carboxylic acids is 1. The largest absolute Gasteiger partial charge is 0.481 e. The molecule has 0 heterocycles. The van der Waals surface area contributed by atoms with Gasteiger partial charge in [0.05, 0.1) is 5.92 Å². The predicted octanol–water partition coefficient (Wildman–Crippen LogP) is 4.40. The van der Waals surface area contributed by atoms with Crippen LogP contribution in [0.4, 0.5) is 0 Å². The summed E-state index contributed by atoms with van der Waals surface area (Å²) in [5.74, 6) is -1.10. The first-order valence-corrected chi connectivity index (χ1v) is 6.88. The maximum atomic E-state index is 11.4. The first-order valence-electron chi connectivity index (χ1n) is 6.88. The second-order valence-corrected chi connectivity index (χ2v) is 4.74. The van der Waals surface area contributed by atoms with E-state index in [4.69, 9.17) is 0 Å². The van der Waals surface area contributed by atoms with Crippen LogP contribution in [-0.4, -0.2) is 11.1 Å². The summed E-state index contributed by atoms with van der Waals surface area (Å²) in [7, 11) is 0. The van der Waals surface area contributed by atoms with Crippen molar-refractivity contribution >= 4 is 5.97 Å². The van der Waals surface area contributed by atoms with Crippen molar-refractivity contribution in [2.45, 2.75) is 26.2 Å². The van der Waals surface area contributed by atoms with Crippen molar-refractivity contribution in [2.24, 2.45) is 5.92 Å². The molecule has 0 aliphatic carbocycles. The van der Waals surface area contributed by atoms with E-state index in [0.29, 0.717) is 12.8 Å². The van der Waals surface area contributed by atoms with Gasteiger partial charge in [-0.1, -0.05) is 61.2 Å². The summed E-state index contributed by atoms with van der Waals surface area (Å²) in [5, 5.41) is 9.36. The van der Waals surface area contributed by atoms with Crippen molar-refractivity contribution in [1.82, 2.24) is 0 Å². The molecule has 2 heteroatoms. The molecule has 20 heavy (non-hydrogen) atoms. The van der Waals surface area contributed by atoms with Crippen molar-refractivity contribution in [3.05, 3.63) is 72.4 Å². The van der Waals surface area contributed by atoms with Gasteiger partial charge in [-0.15, -0.1) is 0 Å². The van der Waals surface area contributed by atoms with E-state index >= 15 is 0 Å². The van der Waals surface area contributed by atoms with E-state index in [1.165, 1.54) is 5.56 Å². The molecular formula is C18H22O2. The first-order chi connectivity index (χ1) is 9.67. The van der Waals surface area contributed by atoms with Gasteiger partial charge in [0.2, 0.25) is 0 Å². The second-order valence-electron chi connectivity index (χ2n) is 4.74. The number of benzene rings is 1. The Balaban J connectivity index is 2.67. The number of rotatable bonds is 8. The summed E-state index contributed by atoms with van der Waals surface area (Å²) in [6.45, 7) is 5.60. The van der Waals surface area contributed by atoms with E-state index in [9.17, 15) is 9.90 Å². The Morgan fingerprint density at radius 2 is 2.05 bits per heavy atom. The minimum atomic E-state index is -0.736. The van der Waals surface area contributed by atoms with Crippen LogP contribution in [0.5, 0.6) is 0 Å². The van der Waals surface area contributed by atoms with Gasteiger partial charge in [-0.2, -0.15) is 0 Å². The fourth-order valence-corrected chi connectivity index (χ4v) is 2.14. The third kappa shape index (κ3) is 5.70. The number of carboxylic acid groups (broad SMARTS) is 1. The van der Waals surface area contributed by atoms with Crippen LogP contribution in [0.1, 0.15) is 25.3 Å². The topological polar surface area (TPSA) is 37.3 Å². The Kier molecular flexibility index (Phi) is 7.12. The van der Waals surface area contributed by atoms with E-state index in [1.54, 1.807) is 6.08 Å². The smallest absolute Gasteiger partial charge is 0.306 e. The molecule has 0 amide bonds. The van der Waals surface area contributed by atoms with Gasteiger partial charge in [-0.3, -0.25) is 4.79 Å². The van der Waals surface area contributed by atoms with Gasteiger partial charge >= 0.3 is 5.97 Å². The molecule has 1 aromatic rings. The van der Waals surface area contributed by atoms with Gasteiger partial charge < -0.3 is 5.11 Å². The van der Waals surface area contributed by atoms with Crippen LogP contribution in [0.25, 0.3) is 0 Å². The SMILES string of the molecule is C=C/C=C(\C=C/C)CC(CCc1ccccc1)C(=O)O. The van der Waals surface area contributed by atoms with Gasteiger partial charge in [0.15, 0.2) is 0 Å². The first kappa shape index (κ1) is 16.0. The summed E-state index contributed by atoms with van der Waals surface area (Å²) >= 11 is 0. The van der Waals surface area contributed by atoms with Gasteiger partial charge in [-0.25, -0.2) is 0 Å². The molecule has 0 bridgehead atoms. The Bertz CT molecular complexity index is 483. The van der Waals surface area contributed by atoms with Gasteiger partial charge in [0, 0.05) is 0 Å². The molecule has 0 aliphatic rings. The molecule has 0 spiro atoms. The standard InChI is InChI=1S/C18H22O2/c1-3-8-16(9-4-2)14-17(18(19)20)13-12-15-10-6-5-7-11-15/h3-11,17H,1,12-14H2,2H3,(H,19,20)/b9-4-,16-8+. The van der Waals surface area contributed by atoms with Crippen LogP contribution in [0.15, 0.2) is 66.8 Å². The maximum absolute atomic E-state index is 11.4. The summed E-state index contributed by atoms with van der Waals surface area (Å²) < 4.78 is 0. The predicted molar refractivity (Wildman–Crippen MR) is 83.6 cm³/mol. The zero-order valence-corrected chi connectivity index (χ0v) is 12.0. The molecule has 0 aliphatic heterocycles. The number of aliphatic carboxylic acids is 1. The fraction of sp³-hybridized carbons (Fsp3) is 0.278. The highest BCUT2D eigenvalue weighted by Crippen LogP contribution is 2.19. The lowest BCUT2D eigenvalue weighted by atomic mass is 9.92. The van der Waals surface area contributed by atoms with Crippen molar-refractivity contribution in [2.75, 3.05) is 0 Å². The zero-order chi connectivity index (χ0) is 14.8. The molecule has 1 N–H and O–H groups in total. The third-order valence-corrected chi connectivity index (χ3v) is 3.17. The number of hydrogen-bond acceptors (Lipinski definition) is 1. The monoisotopic (exact) mass is 270 g/mol. The quantitative estimate of drug-likeness (QED) is 0.711. The molecule has 0 radical (unpaired) electrons. The molecule has 1 aromatic carbocycles. The van der Waals surface area contributed by atoms with Gasteiger partial charge in [0.25, 0.3) is 0 Å². The van der Waals surface area contributed by atoms with Crippen LogP contribution in [0.3, 0.4) is 0 Å². The van der Waals surface area contributed by atoms with Gasteiger partial charge in [-0.05, 0) is 37.3 Å². The minimum absolute atomic E-state index is 0.363. The highest BCUT2D eigenvalue weighted by Gasteiger charge is 2.18. The number of allylic oxidation sites excluding steroid dienone is 5. The van der Waals surface area contributed by atoms with Crippen LogP contribution in [0, 0.1) is 5.92 Å². The summed E-state index contributed by atoms with van der Waals surface area (Å²) in [6, 6.07) is 9.99. The van der Waals surface area contributed by atoms with Crippen LogP contribution < -0.4 is 0 Å². The third-order valence-electron chi connectivity index (χ3n) is 3.17. The average molecular weight is 270 g/mol. The molecule has 0 saturated heterocycles. The second kappa shape index (κ2) is 8.92. The van der Waals surface area contributed by atoms with Crippen molar-refractivity contribution < 1.29 is 9.90 Å². The number of carbonyl (C=O) groups is 1. The lowest BCUT2D eigenvalue weighted by molar-refractivity contribution is -0.141. The summed E-state index contributed by atoms with van der Waals surface area (Å²) in [6.07, 6.45) is 9.41. The summed E-state index contributed by atoms with van der Waals surface area (Å²) in [4.78, 5) is 11.4. The van der Waals surface area contributed by atoms with Crippen molar-refractivity contribution in [1.29, 1.82) is 0 Å².